The van der Waals surface area contributed by atoms with Crippen molar-refractivity contribution in [1.82, 2.24) is 10.3 Å². The zero-order valence-corrected chi connectivity index (χ0v) is 17.9. The van der Waals surface area contributed by atoms with E-state index >= 15 is 0 Å². The number of hydrogen-bond acceptors (Lipinski definition) is 4. The van der Waals surface area contributed by atoms with Gasteiger partial charge >= 0.3 is 0 Å². The third kappa shape index (κ3) is 3.51. The van der Waals surface area contributed by atoms with Crippen molar-refractivity contribution < 1.29 is 8.42 Å². The number of fused-ring (bicyclic) bond motifs is 2. The van der Waals surface area contributed by atoms with Crippen LogP contribution in [-0.2, 0) is 16.4 Å². The predicted octanol–water partition coefficient (Wildman–Crippen LogP) is 4.91. The van der Waals surface area contributed by atoms with E-state index in [4.69, 9.17) is 11.6 Å². The van der Waals surface area contributed by atoms with Gasteiger partial charge in [-0.05, 0) is 79.8 Å². The molecule has 0 saturated carbocycles. The molecule has 0 aliphatic rings. The normalized spacial score (nSPS) is 12.1. The van der Waals surface area contributed by atoms with Gasteiger partial charge in [0.15, 0.2) is 0 Å². The summed E-state index contributed by atoms with van der Waals surface area (Å²) in [7, 11) is -1.79. The van der Waals surface area contributed by atoms with Crippen molar-refractivity contribution in [2.75, 3.05) is 18.3 Å². The molecule has 2 heterocycles. The van der Waals surface area contributed by atoms with Gasteiger partial charge in [0.05, 0.1) is 0 Å². The highest BCUT2D eigenvalue weighted by Crippen LogP contribution is 2.36. The van der Waals surface area contributed by atoms with Gasteiger partial charge in [0.25, 0.3) is 10.0 Å². The van der Waals surface area contributed by atoms with Crippen molar-refractivity contribution in [3.05, 3.63) is 58.7 Å². The van der Waals surface area contributed by atoms with E-state index < -0.39 is 10.0 Å². The number of benzene rings is 2. The van der Waals surface area contributed by atoms with Crippen LogP contribution in [0.4, 0.5) is 5.69 Å². The summed E-state index contributed by atoms with van der Waals surface area (Å²) in [6, 6.07) is 11.0. The lowest BCUT2D eigenvalue weighted by Crippen LogP contribution is -2.12. The van der Waals surface area contributed by atoms with Gasteiger partial charge in [-0.15, -0.1) is 11.3 Å². The molecule has 0 amide bonds. The number of thiophene rings is 1. The van der Waals surface area contributed by atoms with Gasteiger partial charge in [-0.1, -0.05) is 11.6 Å². The van der Waals surface area contributed by atoms with Crippen molar-refractivity contribution in [3.8, 4) is 0 Å². The maximum absolute atomic E-state index is 13.1. The first-order valence-corrected chi connectivity index (χ1v) is 11.5. The molecule has 2 aromatic heterocycles. The number of sulfonamides is 1. The molecule has 0 bridgehead atoms. The van der Waals surface area contributed by atoms with Crippen molar-refractivity contribution in [2.45, 2.75) is 17.6 Å². The molecule has 0 aliphatic carbocycles. The summed E-state index contributed by atoms with van der Waals surface area (Å²) in [5, 5.41) is 5.62. The number of aromatic amines is 1. The first-order valence-electron chi connectivity index (χ1n) is 8.85. The highest BCUT2D eigenvalue weighted by atomic mass is 35.5. The van der Waals surface area contributed by atoms with Crippen LogP contribution in [0.2, 0.25) is 5.02 Å². The fraction of sp³-hybridized carbons (Fsp3) is 0.200. The second-order valence-electron chi connectivity index (χ2n) is 6.69. The summed E-state index contributed by atoms with van der Waals surface area (Å²) >= 11 is 7.33. The molecule has 4 aromatic rings. The van der Waals surface area contributed by atoms with Crippen LogP contribution in [0.15, 0.2) is 46.8 Å². The van der Waals surface area contributed by atoms with Crippen molar-refractivity contribution >= 4 is 59.6 Å². The molecule has 8 heteroatoms. The van der Waals surface area contributed by atoms with Crippen molar-refractivity contribution in [3.63, 3.8) is 0 Å². The van der Waals surface area contributed by atoms with Gasteiger partial charge in [-0.3, -0.25) is 4.72 Å². The van der Waals surface area contributed by atoms with Gasteiger partial charge in [-0.2, -0.15) is 0 Å². The van der Waals surface area contributed by atoms with E-state index in [2.05, 4.69) is 15.0 Å². The second-order valence-corrected chi connectivity index (χ2v) is 10.1. The third-order valence-corrected chi connectivity index (χ3v) is 8.27. The number of aryl methyl sites for hydroxylation is 1. The van der Waals surface area contributed by atoms with E-state index in [1.165, 1.54) is 11.3 Å². The van der Waals surface area contributed by atoms with E-state index in [0.717, 1.165) is 39.5 Å². The van der Waals surface area contributed by atoms with Crippen LogP contribution in [0.3, 0.4) is 0 Å². The fourth-order valence-corrected chi connectivity index (χ4v) is 6.31. The summed E-state index contributed by atoms with van der Waals surface area (Å²) in [6.07, 6.45) is 2.84. The summed E-state index contributed by atoms with van der Waals surface area (Å²) in [4.78, 5) is 3.24. The molecule has 146 valence electrons. The fourth-order valence-electron chi connectivity index (χ4n) is 3.34. The number of nitrogens with one attached hydrogen (secondary N) is 3. The van der Waals surface area contributed by atoms with E-state index in [1.807, 2.05) is 44.4 Å². The van der Waals surface area contributed by atoms with Crippen LogP contribution in [0.1, 0.15) is 11.1 Å². The molecule has 28 heavy (non-hydrogen) atoms. The molecule has 0 unspecified atom stereocenters. The van der Waals surface area contributed by atoms with E-state index in [1.54, 1.807) is 12.1 Å². The SMILES string of the molecule is CNCCc1c[nH]c2ccc(NS(=O)(=O)c3sc4ccc(Cl)cc4c3C)cc12. The van der Waals surface area contributed by atoms with Crippen molar-refractivity contribution in [1.29, 1.82) is 0 Å². The molecule has 4 rings (SSSR count). The van der Waals surface area contributed by atoms with E-state index in [0.29, 0.717) is 20.5 Å². The van der Waals surface area contributed by atoms with Crippen molar-refractivity contribution in [2.24, 2.45) is 0 Å². The predicted molar refractivity (Wildman–Crippen MR) is 118 cm³/mol. The Morgan fingerprint density at radius 2 is 1.96 bits per heavy atom. The molecule has 0 spiro atoms. The summed E-state index contributed by atoms with van der Waals surface area (Å²) in [5.74, 6) is 0. The number of aromatic nitrogens is 1. The van der Waals surface area contributed by atoms with Crippen LogP contribution in [0, 0.1) is 6.92 Å². The molecular formula is C20H20ClN3O2S2. The summed E-state index contributed by atoms with van der Waals surface area (Å²) < 4.78 is 30.1. The van der Waals surface area contributed by atoms with E-state index in [-0.39, 0.29) is 0 Å². The first-order chi connectivity index (χ1) is 13.4. The summed E-state index contributed by atoms with van der Waals surface area (Å²) in [5.41, 5.74) is 3.40. The molecule has 2 aromatic carbocycles. The largest absolute Gasteiger partial charge is 0.361 e. The number of halogens is 1. The lowest BCUT2D eigenvalue weighted by molar-refractivity contribution is 0.603. The minimum absolute atomic E-state index is 0.314. The Labute approximate surface area is 172 Å². The molecule has 0 saturated heterocycles. The summed E-state index contributed by atoms with van der Waals surface area (Å²) in [6.45, 7) is 2.67. The zero-order valence-electron chi connectivity index (χ0n) is 15.5. The molecule has 5 nitrogen and oxygen atoms in total. The standard InChI is InChI=1S/C20H20ClN3O2S2/c1-12-16-9-14(21)3-6-19(16)27-20(12)28(25,26)24-15-4-5-18-17(10-15)13(11-23-18)7-8-22-2/h3-6,9-11,22-24H,7-8H2,1-2H3. The van der Waals surface area contributed by atoms with Gasteiger partial charge < -0.3 is 10.3 Å². The Morgan fingerprint density at radius 3 is 2.75 bits per heavy atom. The van der Waals surface area contributed by atoms with Crippen LogP contribution in [-0.4, -0.2) is 27.0 Å². The van der Waals surface area contributed by atoms with Crippen LogP contribution >= 0.6 is 22.9 Å². The third-order valence-electron chi connectivity index (χ3n) is 4.76. The zero-order chi connectivity index (χ0) is 19.9. The quantitative estimate of drug-likeness (QED) is 0.404. The van der Waals surface area contributed by atoms with Gasteiger partial charge in [0, 0.05) is 32.5 Å². The minimum atomic E-state index is -3.70. The highest BCUT2D eigenvalue weighted by molar-refractivity contribution is 7.94. The van der Waals surface area contributed by atoms with Gasteiger partial charge in [0.1, 0.15) is 4.21 Å². The van der Waals surface area contributed by atoms with Gasteiger partial charge in [-0.25, -0.2) is 8.42 Å². The van der Waals surface area contributed by atoms with Crippen LogP contribution in [0.5, 0.6) is 0 Å². The molecule has 0 radical (unpaired) electrons. The average Bonchev–Trinajstić information content (AvgIpc) is 3.21. The maximum Gasteiger partial charge on any atom is 0.271 e. The Bertz CT molecular complexity index is 1280. The number of anilines is 1. The number of H-pyrrole nitrogens is 1. The highest BCUT2D eigenvalue weighted by Gasteiger charge is 2.22. The topological polar surface area (TPSA) is 74.0 Å². The number of likely N-dealkylation sites (N-methyl/N-ethyl adjacent to an activating group) is 1. The lowest BCUT2D eigenvalue weighted by atomic mass is 10.1. The van der Waals surface area contributed by atoms with E-state index in [9.17, 15) is 8.42 Å². The number of hydrogen-bond donors (Lipinski definition) is 3. The minimum Gasteiger partial charge on any atom is -0.361 e. The first kappa shape index (κ1) is 19.3. The lowest BCUT2D eigenvalue weighted by Gasteiger charge is -2.08. The second kappa shape index (κ2) is 7.40. The Hall–Kier alpha value is -2.06. The smallest absolute Gasteiger partial charge is 0.271 e. The van der Waals surface area contributed by atoms with Crippen LogP contribution < -0.4 is 10.0 Å². The Morgan fingerprint density at radius 1 is 1.14 bits per heavy atom. The maximum atomic E-state index is 13.1. The van der Waals surface area contributed by atoms with Crippen LogP contribution in [0.25, 0.3) is 21.0 Å². The molecule has 0 atom stereocenters. The monoisotopic (exact) mass is 433 g/mol. The molecule has 3 N–H and O–H groups in total. The Balaban J connectivity index is 1.71. The average molecular weight is 434 g/mol. The molecule has 0 aliphatic heterocycles. The molecular weight excluding hydrogens is 414 g/mol. The van der Waals surface area contributed by atoms with Gasteiger partial charge in [0.2, 0.25) is 0 Å². The molecule has 0 fully saturated rings. The Kier molecular flexibility index (Phi) is 5.09. The number of rotatable bonds is 6.